The van der Waals surface area contributed by atoms with Gasteiger partial charge in [-0.05, 0) is 31.0 Å². The molecule has 1 saturated carbocycles. The number of aromatic nitrogens is 1. The van der Waals surface area contributed by atoms with Crippen molar-refractivity contribution in [2.24, 2.45) is 0 Å². The van der Waals surface area contributed by atoms with Crippen molar-refractivity contribution in [1.29, 1.82) is 0 Å². The van der Waals surface area contributed by atoms with Gasteiger partial charge in [-0.2, -0.15) is 13.2 Å². The molecule has 0 saturated heterocycles. The van der Waals surface area contributed by atoms with Crippen LogP contribution in [-0.4, -0.2) is 111 Å². The zero-order valence-electron chi connectivity index (χ0n) is 17.4. The second-order valence-corrected chi connectivity index (χ2v) is 11.0. The number of carboxylic acid groups (broad SMARTS) is 1. The third kappa shape index (κ3) is 10.1. The predicted molar refractivity (Wildman–Crippen MR) is 116 cm³/mol. The molecule has 0 spiro atoms. The van der Waals surface area contributed by atoms with Gasteiger partial charge in [0, 0.05) is 17.7 Å². The van der Waals surface area contributed by atoms with E-state index in [2.05, 4.69) is 10.5 Å². The Labute approximate surface area is 240 Å². The third-order valence-electron chi connectivity index (χ3n) is 4.34. The summed E-state index contributed by atoms with van der Waals surface area (Å²) in [6.07, 6.45) is -1.74. The number of carbonyl (C=O) groups is 2. The van der Waals surface area contributed by atoms with E-state index in [1.54, 1.807) is 0 Å². The molecule has 1 aliphatic carbocycles. The number of benzene rings is 1. The summed E-state index contributed by atoms with van der Waals surface area (Å²) in [7, 11) is -8.14. The van der Waals surface area contributed by atoms with Gasteiger partial charge in [0.25, 0.3) is 0 Å². The van der Waals surface area contributed by atoms with Crippen molar-refractivity contribution in [3.05, 3.63) is 46.8 Å². The third-order valence-corrected chi connectivity index (χ3v) is 6.11. The number of rotatable bonds is 8. The zero-order chi connectivity index (χ0) is 25.9. The van der Waals surface area contributed by atoms with Gasteiger partial charge in [-0.3, -0.25) is 19.5 Å². The molecule has 0 atom stereocenters. The molecule has 0 bridgehead atoms. The number of nitrogens with one attached hydrogen (secondary N) is 1. The van der Waals surface area contributed by atoms with Gasteiger partial charge in [0.15, 0.2) is 21.4 Å². The van der Waals surface area contributed by atoms with Crippen molar-refractivity contribution >= 4 is 80.6 Å². The fourth-order valence-electron chi connectivity index (χ4n) is 2.71. The molecule has 1 heterocycles. The standard InChI is InChI=1S/C15H12F3NO4S.C3H8NO5P.K.H/c1-24(21,22)12-6-9(15(16,17)18)4-5-10(12)13(20)11-7-19-23-14(11)8-2-3-8;5-3(6)1-4-2-10(7,8)9;;/h4-8H,2-3H2,1H3;4H,1-2H2,(H,5,6)(H2,7,8,9);;. The Morgan fingerprint density at radius 1 is 1.23 bits per heavy atom. The van der Waals surface area contributed by atoms with E-state index in [4.69, 9.17) is 19.4 Å². The summed E-state index contributed by atoms with van der Waals surface area (Å²) in [5.41, 5.74) is -1.37. The topological polar surface area (TPSA) is 184 Å². The molecule has 3 rings (SSSR count). The second-order valence-electron chi connectivity index (χ2n) is 7.33. The Morgan fingerprint density at radius 3 is 2.29 bits per heavy atom. The molecular weight excluding hydrogens is 547 g/mol. The first-order valence-electron chi connectivity index (χ1n) is 9.38. The molecular formula is C18H21F3KN2O9PS. The van der Waals surface area contributed by atoms with Crippen LogP contribution in [0.25, 0.3) is 0 Å². The number of carboxylic acids is 1. The second kappa shape index (κ2) is 12.5. The van der Waals surface area contributed by atoms with Gasteiger partial charge in [-0.25, -0.2) is 8.42 Å². The summed E-state index contributed by atoms with van der Waals surface area (Å²) in [5.74, 6) is -1.47. The number of nitrogens with zero attached hydrogens (tertiary/aromatic N) is 1. The first-order valence-corrected chi connectivity index (χ1v) is 13.1. The maximum absolute atomic E-state index is 12.8. The summed E-state index contributed by atoms with van der Waals surface area (Å²) in [6.45, 7) is -0.439. The van der Waals surface area contributed by atoms with Crippen LogP contribution in [0.5, 0.6) is 0 Å². The molecule has 11 nitrogen and oxygen atoms in total. The van der Waals surface area contributed by atoms with Crippen molar-refractivity contribution in [2.45, 2.75) is 29.8 Å². The van der Waals surface area contributed by atoms with Crippen LogP contribution < -0.4 is 5.32 Å². The molecule has 0 aliphatic heterocycles. The molecule has 1 fully saturated rings. The molecule has 0 unspecified atom stereocenters. The Bertz CT molecular complexity index is 1220. The minimum absolute atomic E-state index is 0. The molecule has 4 N–H and O–H groups in total. The van der Waals surface area contributed by atoms with Gasteiger partial charge in [0.1, 0.15) is 0 Å². The van der Waals surface area contributed by atoms with Crippen LogP contribution in [0.15, 0.2) is 33.8 Å². The number of carbonyl (C=O) groups excluding carboxylic acids is 1. The Morgan fingerprint density at radius 2 is 1.83 bits per heavy atom. The first kappa shape index (κ1) is 32.1. The van der Waals surface area contributed by atoms with Crippen LogP contribution in [0, 0.1) is 0 Å². The molecule has 1 aliphatic rings. The summed E-state index contributed by atoms with van der Waals surface area (Å²) in [5, 5.41) is 13.6. The van der Waals surface area contributed by atoms with E-state index >= 15 is 0 Å². The summed E-state index contributed by atoms with van der Waals surface area (Å²) in [6, 6.07) is 2.05. The van der Waals surface area contributed by atoms with E-state index in [0.717, 1.165) is 25.2 Å². The average molecular weight is 569 g/mol. The predicted octanol–water partition coefficient (Wildman–Crippen LogP) is 1.35. The molecule has 17 heteroatoms. The number of aliphatic carboxylic acids is 1. The van der Waals surface area contributed by atoms with Crippen LogP contribution in [0.1, 0.15) is 46.0 Å². The fraction of sp³-hybridized carbons (Fsp3) is 0.389. The number of alkyl halides is 3. The molecule has 35 heavy (non-hydrogen) atoms. The Hall–Kier alpha value is -0.944. The average Bonchev–Trinajstić information content (AvgIpc) is 3.41. The van der Waals surface area contributed by atoms with Crippen LogP contribution in [-0.2, 0) is 25.4 Å². The van der Waals surface area contributed by atoms with Gasteiger partial charge in [0.2, 0.25) is 0 Å². The van der Waals surface area contributed by atoms with Crippen LogP contribution in [0.3, 0.4) is 0 Å². The summed E-state index contributed by atoms with van der Waals surface area (Å²) in [4.78, 5) is 38.1. The van der Waals surface area contributed by atoms with Crippen molar-refractivity contribution in [2.75, 3.05) is 19.1 Å². The quantitative estimate of drug-likeness (QED) is 0.205. The maximum atomic E-state index is 12.8. The Balaban J connectivity index is 0.000000477. The van der Waals surface area contributed by atoms with Crippen LogP contribution in [0.2, 0.25) is 0 Å². The normalized spacial score (nSPS) is 13.9. The van der Waals surface area contributed by atoms with Crippen molar-refractivity contribution < 1.29 is 55.2 Å². The SMILES string of the molecule is CS(=O)(=O)c1cc(C(F)(F)F)ccc1C(=O)c1cnoc1C1CC1.O=C(O)CNCP(=O)(O)O.[KH]. The monoisotopic (exact) mass is 568 g/mol. The number of sulfone groups is 1. The molecule has 0 radical (unpaired) electrons. The van der Waals surface area contributed by atoms with Crippen LogP contribution in [0.4, 0.5) is 13.2 Å². The Kier molecular flexibility index (Phi) is 11.5. The van der Waals surface area contributed by atoms with Gasteiger partial charge >= 0.3 is 71.1 Å². The van der Waals surface area contributed by atoms with Crippen molar-refractivity contribution in [3.8, 4) is 0 Å². The molecule has 2 aromatic rings. The molecule has 190 valence electrons. The van der Waals surface area contributed by atoms with Gasteiger partial charge in [0.05, 0.1) is 35.0 Å². The van der Waals surface area contributed by atoms with E-state index in [-0.39, 0.29) is 68.4 Å². The summed E-state index contributed by atoms with van der Waals surface area (Å²) >= 11 is 0. The van der Waals surface area contributed by atoms with Gasteiger partial charge < -0.3 is 19.4 Å². The number of hydrogen-bond donors (Lipinski definition) is 4. The molecule has 1 aromatic heterocycles. The van der Waals surface area contributed by atoms with Crippen LogP contribution >= 0.6 is 7.60 Å². The van der Waals surface area contributed by atoms with E-state index in [0.29, 0.717) is 17.9 Å². The number of ketones is 1. The fourth-order valence-corrected chi connectivity index (χ4v) is 4.01. The van der Waals surface area contributed by atoms with Gasteiger partial charge in [-0.15, -0.1) is 0 Å². The van der Waals surface area contributed by atoms with Crippen molar-refractivity contribution in [3.63, 3.8) is 0 Å². The van der Waals surface area contributed by atoms with E-state index in [9.17, 15) is 35.7 Å². The minimum atomic E-state index is -4.71. The van der Waals surface area contributed by atoms with Crippen molar-refractivity contribution in [1.82, 2.24) is 10.5 Å². The summed E-state index contributed by atoms with van der Waals surface area (Å²) < 4.78 is 77.4. The zero-order valence-corrected chi connectivity index (χ0v) is 19.2. The number of halogens is 3. The van der Waals surface area contributed by atoms with E-state index in [1.165, 1.54) is 6.20 Å². The molecule has 1 aromatic carbocycles. The van der Waals surface area contributed by atoms with Gasteiger partial charge in [-0.1, -0.05) is 5.16 Å². The first-order chi connectivity index (χ1) is 15.5. The van der Waals surface area contributed by atoms with E-state index < -0.39 is 58.7 Å². The molecule has 0 amide bonds. The van der Waals surface area contributed by atoms with E-state index in [1.807, 2.05) is 0 Å². The number of hydrogen-bond acceptors (Lipinski definition) is 8.